The number of pyridine rings is 1. The molecule has 5 aromatic rings. The quantitative estimate of drug-likeness (QED) is 0.178. The summed E-state index contributed by atoms with van der Waals surface area (Å²) in [4.78, 5) is 6.32. The predicted octanol–water partition coefficient (Wildman–Crippen LogP) is 7.55. The van der Waals surface area contributed by atoms with Crippen molar-refractivity contribution in [3.8, 4) is 23.0 Å². The van der Waals surface area contributed by atoms with Crippen LogP contribution in [0.4, 0.5) is 11.4 Å². The van der Waals surface area contributed by atoms with Crippen molar-refractivity contribution < 1.29 is 17.9 Å². The van der Waals surface area contributed by atoms with Gasteiger partial charge in [-0.1, -0.05) is 54.6 Å². The molecular weight excluding hydrogens is 534 g/mol. The van der Waals surface area contributed by atoms with Gasteiger partial charge in [-0.3, -0.25) is 9.71 Å². The van der Waals surface area contributed by atoms with Crippen molar-refractivity contribution >= 4 is 21.4 Å². The summed E-state index contributed by atoms with van der Waals surface area (Å²) in [6.45, 7) is 3.21. The van der Waals surface area contributed by atoms with Crippen LogP contribution < -0.4 is 19.1 Å². The van der Waals surface area contributed by atoms with Crippen molar-refractivity contribution in [2.45, 2.75) is 20.0 Å². The van der Waals surface area contributed by atoms with Crippen molar-refractivity contribution in [2.75, 3.05) is 15.9 Å². The lowest BCUT2D eigenvalue weighted by Gasteiger charge is -2.28. The van der Waals surface area contributed by atoms with Gasteiger partial charge in [-0.25, -0.2) is 8.42 Å². The summed E-state index contributed by atoms with van der Waals surface area (Å²) in [5.74, 6) is 2.68. The van der Waals surface area contributed by atoms with Gasteiger partial charge in [-0.05, 0) is 72.1 Å². The van der Waals surface area contributed by atoms with Gasteiger partial charge in [0.05, 0.1) is 18.1 Å². The van der Waals surface area contributed by atoms with E-state index in [1.54, 1.807) is 18.5 Å². The molecule has 0 atom stereocenters. The molecule has 5 rings (SSSR count). The fourth-order valence-corrected chi connectivity index (χ4v) is 5.09. The zero-order valence-electron chi connectivity index (χ0n) is 22.9. The molecule has 0 radical (unpaired) electrons. The molecule has 0 amide bonds. The first kappa shape index (κ1) is 27.7. The van der Waals surface area contributed by atoms with E-state index in [1.807, 2.05) is 97.9 Å². The van der Waals surface area contributed by atoms with Gasteiger partial charge in [-0.15, -0.1) is 0 Å². The Morgan fingerprint density at radius 3 is 2.00 bits per heavy atom. The van der Waals surface area contributed by atoms with Crippen LogP contribution in [0, 0.1) is 6.92 Å². The molecule has 0 fully saturated rings. The summed E-state index contributed by atoms with van der Waals surface area (Å²) in [5, 5.41) is 0. The summed E-state index contributed by atoms with van der Waals surface area (Å²) in [6.07, 6.45) is 4.52. The molecule has 1 aromatic heterocycles. The van der Waals surface area contributed by atoms with Crippen LogP contribution in [-0.4, -0.2) is 19.7 Å². The van der Waals surface area contributed by atoms with Crippen LogP contribution in [0.2, 0.25) is 0 Å². The van der Waals surface area contributed by atoms with Gasteiger partial charge in [0.15, 0.2) is 0 Å². The number of sulfonamides is 1. The highest BCUT2D eigenvalue weighted by atomic mass is 32.2. The highest BCUT2D eigenvalue weighted by Gasteiger charge is 2.15. The Balaban J connectivity index is 1.34. The molecular formula is C33H31N3O4S. The lowest BCUT2D eigenvalue weighted by atomic mass is 10.1. The maximum Gasteiger partial charge on any atom is 0.229 e. The Labute approximate surface area is 241 Å². The monoisotopic (exact) mass is 565 g/mol. The average Bonchev–Trinajstić information content (AvgIpc) is 2.96. The average molecular weight is 566 g/mol. The van der Waals surface area contributed by atoms with E-state index in [1.165, 1.54) is 0 Å². The number of benzene rings is 4. The molecule has 8 heteroatoms. The van der Waals surface area contributed by atoms with Gasteiger partial charge in [0, 0.05) is 31.0 Å². The summed E-state index contributed by atoms with van der Waals surface area (Å²) in [6, 6.07) is 35.0. The lowest BCUT2D eigenvalue weighted by molar-refractivity contribution is 0.459. The molecule has 0 aliphatic heterocycles. The third-order valence-electron chi connectivity index (χ3n) is 6.37. The van der Waals surface area contributed by atoms with Gasteiger partial charge in [-0.2, -0.15) is 0 Å². The Kier molecular flexibility index (Phi) is 8.50. The lowest BCUT2D eigenvalue weighted by Crippen LogP contribution is -2.23. The van der Waals surface area contributed by atoms with Gasteiger partial charge in [0.1, 0.15) is 23.0 Å². The molecule has 208 valence electrons. The van der Waals surface area contributed by atoms with E-state index in [9.17, 15) is 8.42 Å². The standard InChI is InChI=1S/C33H31N3O4S/c1-25-32(35-41(2,37)38)14-7-15-33(25)36(23-26-9-4-3-5-10-26)24-27-16-18-28(19-17-27)39-29-11-6-12-30(21-29)40-31-13-8-20-34-22-31/h3-22,35H,23-24H2,1-2H3. The van der Waals surface area contributed by atoms with Crippen molar-refractivity contribution in [2.24, 2.45) is 0 Å². The van der Waals surface area contributed by atoms with Gasteiger partial charge in [0.25, 0.3) is 0 Å². The van der Waals surface area contributed by atoms with Crippen molar-refractivity contribution in [3.05, 3.63) is 138 Å². The Morgan fingerprint density at radius 2 is 1.34 bits per heavy atom. The topological polar surface area (TPSA) is 80.8 Å². The second kappa shape index (κ2) is 12.6. The van der Waals surface area contributed by atoms with E-state index in [2.05, 4.69) is 26.7 Å². The van der Waals surface area contributed by atoms with Crippen LogP contribution in [0.5, 0.6) is 23.0 Å². The minimum Gasteiger partial charge on any atom is -0.457 e. The first-order chi connectivity index (χ1) is 19.8. The number of rotatable bonds is 11. The van der Waals surface area contributed by atoms with E-state index < -0.39 is 10.0 Å². The van der Waals surface area contributed by atoms with Crippen molar-refractivity contribution in [3.63, 3.8) is 0 Å². The van der Waals surface area contributed by atoms with Crippen LogP contribution in [0.3, 0.4) is 0 Å². The summed E-state index contributed by atoms with van der Waals surface area (Å²) in [7, 11) is -3.40. The number of hydrogen-bond donors (Lipinski definition) is 1. The fraction of sp³-hybridized carbons (Fsp3) is 0.121. The van der Waals surface area contributed by atoms with Crippen molar-refractivity contribution in [1.82, 2.24) is 4.98 Å². The minimum absolute atomic E-state index is 0.571. The molecule has 41 heavy (non-hydrogen) atoms. The van der Waals surface area contributed by atoms with Crippen LogP contribution in [0.25, 0.3) is 0 Å². The third-order valence-corrected chi connectivity index (χ3v) is 6.96. The molecule has 0 unspecified atom stereocenters. The second-order valence-electron chi connectivity index (χ2n) is 9.68. The van der Waals surface area contributed by atoms with Crippen LogP contribution in [-0.2, 0) is 23.1 Å². The van der Waals surface area contributed by atoms with Gasteiger partial charge < -0.3 is 14.4 Å². The molecule has 0 spiro atoms. The molecule has 7 nitrogen and oxygen atoms in total. The predicted molar refractivity (Wildman–Crippen MR) is 163 cm³/mol. The third kappa shape index (κ3) is 7.86. The molecule has 1 N–H and O–H groups in total. The number of aromatic nitrogens is 1. The Bertz CT molecular complexity index is 1690. The smallest absolute Gasteiger partial charge is 0.229 e. The van der Waals surface area contributed by atoms with Crippen LogP contribution in [0.15, 0.2) is 122 Å². The largest absolute Gasteiger partial charge is 0.457 e. The zero-order chi connectivity index (χ0) is 28.7. The summed E-state index contributed by atoms with van der Waals surface area (Å²) in [5.41, 5.74) is 4.63. The van der Waals surface area contributed by atoms with Crippen LogP contribution >= 0.6 is 0 Å². The van der Waals surface area contributed by atoms with E-state index >= 15 is 0 Å². The SMILES string of the molecule is Cc1c(NS(C)(=O)=O)cccc1N(Cc1ccccc1)Cc1ccc(Oc2cccc(Oc3cccnc3)c2)cc1. The molecule has 0 aliphatic rings. The van der Waals surface area contributed by atoms with E-state index in [4.69, 9.17) is 9.47 Å². The van der Waals surface area contributed by atoms with Crippen molar-refractivity contribution in [1.29, 1.82) is 0 Å². The highest BCUT2D eigenvalue weighted by Crippen LogP contribution is 2.31. The minimum atomic E-state index is -3.40. The van der Waals surface area contributed by atoms with E-state index in [0.717, 1.165) is 28.6 Å². The fourth-order valence-electron chi connectivity index (χ4n) is 4.47. The molecule has 0 aliphatic carbocycles. The van der Waals surface area contributed by atoms with E-state index in [0.29, 0.717) is 41.8 Å². The van der Waals surface area contributed by atoms with Gasteiger partial charge in [0.2, 0.25) is 10.0 Å². The maximum atomic E-state index is 11.9. The number of hydrogen-bond acceptors (Lipinski definition) is 6. The first-order valence-electron chi connectivity index (χ1n) is 13.1. The number of ether oxygens (including phenoxy) is 2. The number of nitrogens with one attached hydrogen (secondary N) is 1. The molecule has 0 bridgehead atoms. The highest BCUT2D eigenvalue weighted by molar-refractivity contribution is 7.92. The summed E-state index contributed by atoms with van der Waals surface area (Å²) >= 11 is 0. The molecule has 4 aromatic carbocycles. The molecule has 0 saturated carbocycles. The normalized spacial score (nSPS) is 11.1. The van der Waals surface area contributed by atoms with Gasteiger partial charge >= 0.3 is 0 Å². The Morgan fingerprint density at radius 1 is 0.707 bits per heavy atom. The van der Waals surface area contributed by atoms with Crippen LogP contribution in [0.1, 0.15) is 16.7 Å². The molecule has 0 saturated heterocycles. The summed E-state index contributed by atoms with van der Waals surface area (Å²) < 4.78 is 38.5. The Hall–Kier alpha value is -4.82. The zero-order valence-corrected chi connectivity index (χ0v) is 23.7. The first-order valence-corrected chi connectivity index (χ1v) is 15.0. The van der Waals surface area contributed by atoms with E-state index in [-0.39, 0.29) is 0 Å². The maximum absolute atomic E-state index is 11.9. The second-order valence-corrected chi connectivity index (χ2v) is 11.4. The number of nitrogens with zero attached hydrogens (tertiary/aromatic N) is 2. The number of anilines is 2. The molecule has 1 heterocycles.